The summed E-state index contributed by atoms with van der Waals surface area (Å²) in [4.78, 5) is 11.7. The Hall–Kier alpha value is -2.64. The molecular weight excluding hydrogens is 284 g/mol. The highest BCUT2D eigenvalue weighted by molar-refractivity contribution is 5.78. The summed E-state index contributed by atoms with van der Waals surface area (Å²) in [7, 11) is 0. The predicted octanol–water partition coefficient (Wildman–Crippen LogP) is 1.11. The summed E-state index contributed by atoms with van der Waals surface area (Å²) in [6, 6.07) is 7.45. The van der Waals surface area contributed by atoms with Crippen molar-refractivity contribution >= 4 is 11.9 Å². The molecule has 0 unspecified atom stereocenters. The van der Waals surface area contributed by atoms with Gasteiger partial charge in [0, 0.05) is 12.1 Å². The minimum absolute atomic E-state index is 0.00226. The minimum atomic E-state index is -0.259. The highest BCUT2D eigenvalue weighted by atomic mass is 16.5. The van der Waals surface area contributed by atoms with Crippen molar-refractivity contribution in [3.05, 3.63) is 29.8 Å². The van der Waals surface area contributed by atoms with Crippen molar-refractivity contribution < 1.29 is 9.53 Å². The molecule has 8 heteroatoms. The lowest BCUT2D eigenvalue weighted by molar-refractivity contribution is -0.124. The highest BCUT2D eigenvalue weighted by Crippen LogP contribution is 2.13. The number of nitrogens with zero attached hydrogens (tertiary/aromatic N) is 3. The molecule has 1 amide bonds. The molecule has 118 valence electrons. The summed E-state index contributed by atoms with van der Waals surface area (Å²) in [5, 5.41) is 19.3. The van der Waals surface area contributed by atoms with E-state index in [1.807, 2.05) is 45.0 Å². The van der Waals surface area contributed by atoms with E-state index in [0.29, 0.717) is 18.2 Å². The van der Waals surface area contributed by atoms with Crippen LogP contribution in [0, 0.1) is 0 Å². The quantitative estimate of drug-likeness (QED) is 0.738. The third-order valence-corrected chi connectivity index (χ3v) is 2.60. The Morgan fingerprint density at radius 1 is 1.27 bits per heavy atom. The van der Waals surface area contributed by atoms with Crippen molar-refractivity contribution in [1.82, 2.24) is 25.9 Å². The zero-order valence-electron chi connectivity index (χ0n) is 12.9. The first kappa shape index (κ1) is 15.7. The summed E-state index contributed by atoms with van der Waals surface area (Å²) in [6.07, 6.45) is 0. The summed E-state index contributed by atoms with van der Waals surface area (Å²) >= 11 is 0. The minimum Gasteiger partial charge on any atom is -0.484 e. The summed E-state index contributed by atoms with van der Waals surface area (Å²) < 4.78 is 5.45. The second-order valence-electron chi connectivity index (χ2n) is 5.82. The molecule has 0 saturated heterocycles. The van der Waals surface area contributed by atoms with E-state index < -0.39 is 0 Å². The summed E-state index contributed by atoms with van der Waals surface area (Å²) in [5.41, 5.74) is 0.779. The Balaban J connectivity index is 1.78. The zero-order chi connectivity index (χ0) is 16.0. The lowest BCUT2D eigenvalue weighted by atomic mass is 10.1. The van der Waals surface area contributed by atoms with Crippen molar-refractivity contribution in [1.29, 1.82) is 0 Å². The molecular formula is C14H20N6O2. The Kier molecular flexibility index (Phi) is 4.92. The molecule has 0 saturated carbocycles. The maximum absolute atomic E-state index is 11.7. The van der Waals surface area contributed by atoms with Gasteiger partial charge in [0.1, 0.15) is 5.75 Å². The standard InChI is InChI=1S/C14H20N6O2/c1-14(2,3)16-12(21)9-22-11-6-4-10(5-7-11)8-15-13-17-19-20-18-13/h4-7H,8-9H2,1-3H3,(H,16,21)(H2,15,17,18,19,20). The van der Waals surface area contributed by atoms with Gasteiger partial charge in [-0.1, -0.05) is 17.2 Å². The van der Waals surface area contributed by atoms with Gasteiger partial charge in [-0.25, -0.2) is 0 Å². The first-order valence-electron chi connectivity index (χ1n) is 6.92. The van der Waals surface area contributed by atoms with Gasteiger partial charge in [-0.2, -0.15) is 5.21 Å². The van der Waals surface area contributed by atoms with Crippen molar-refractivity contribution in [2.45, 2.75) is 32.9 Å². The molecule has 0 spiro atoms. The third-order valence-electron chi connectivity index (χ3n) is 2.60. The van der Waals surface area contributed by atoms with Gasteiger partial charge in [0.05, 0.1) is 0 Å². The van der Waals surface area contributed by atoms with E-state index >= 15 is 0 Å². The fourth-order valence-corrected chi connectivity index (χ4v) is 1.72. The topological polar surface area (TPSA) is 105 Å². The Bertz CT molecular complexity index is 589. The van der Waals surface area contributed by atoms with Crippen LogP contribution in [0.4, 0.5) is 5.95 Å². The van der Waals surface area contributed by atoms with E-state index in [9.17, 15) is 4.79 Å². The maximum Gasteiger partial charge on any atom is 0.263 e. The van der Waals surface area contributed by atoms with E-state index in [2.05, 4.69) is 31.3 Å². The van der Waals surface area contributed by atoms with E-state index in [1.165, 1.54) is 0 Å². The zero-order valence-corrected chi connectivity index (χ0v) is 12.9. The predicted molar refractivity (Wildman–Crippen MR) is 81.3 cm³/mol. The molecule has 1 heterocycles. The lowest BCUT2D eigenvalue weighted by Crippen LogP contribution is -2.43. The molecule has 0 bridgehead atoms. The molecule has 8 nitrogen and oxygen atoms in total. The van der Waals surface area contributed by atoms with Crippen LogP contribution in [0.15, 0.2) is 24.3 Å². The largest absolute Gasteiger partial charge is 0.484 e. The molecule has 22 heavy (non-hydrogen) atoms. The number of hydrogen-bond acceptors (Lipinski definition) is 6. The summed E-state index contributed by atoms with van der Waals surface area (Å²) in [5.74, 6) is 0.946. The number of aromatic nitrogens is 4. The fraction of sp³-hybridized carbons (Fsp3) is 0.429. The van der Waals surface area contributed by atoms with Crippen molar-refractivity contribution in [2.75, 3.05) is 11.9 Å². The fourth-order valence-electron chi connectivity index (χ4n) is 1.72. The van der Waals surface area contributed by atoms with Crippen LogP contribution < -0.4 is 15.4 Å². The molecule has 0 aliphatic heterocycles. The van der Waals surface area contributed by atoms with Gasteiger partial charge in [-0.15, -0.1) is 5.10 Å². The summed E-state index contributed by atoms with van der Waals surface area (Å²) in [6.45, 7) is 6.35. The Morgan fingerprint density at radius 2 is 2.00 bits per heavy atom. The molecule has 0 atom stereocenters. The smallest absolute Gasteiger partial charge is 0.263 e. The van der Waals surface area contributed by atoms with Crippen molar-refractivity contribution in [3.63, 3.8) is 0 Å². The molecule has 3 N–H and O–H groups in total. The number of H-pyrrole nitrogens is 1. The number of carbonyl (C=O) groups excluding carboxylic acids is 1. The SMILES string of the molecule is CC(C)(C)NC(=O)COc1ccc(CNc2nn[nH]n2)cc1. The molecule has 0 fully saturated rings. The number of amides is 1. The number of anilines is 1. The van der Waals surface area contributed by atoms with Crippen LogP contribution in [0.3, 0.4) is 0 Å². The molecule has 1 aromatic carbocycles. The van der Waals surface area contributed by atoms with Crippen LogP contribution in [-0.4, -0.2) is 38.7 Å². The highest BCUT2D eigenvalue weighted by Gasteiger charge is 2.13. The van der Waals surface area contributed by atoms with Crippen LogP contribution in [-0.2, 0) is 11.3 Å². The first-order chi connectivity index (χ1) is 10.4. The van der Waals surface area contributed by atoms with Gasteiger partial charge >= 0.3 is 0 Å². The first-order valence-corrected chi connectivity index (χ1v) is 6.92. The van der Waals surface area contributed by atoms with E-state index in [-0.39, 0.29) is 18.1 Å². The van der Waals surface area contributed by atoms with E-state index in [0.717, 1.165) is 5.56 Å². The number of rotatable bonds is 6. The van der Waals surface area contributed by atoms with Crippen LogP contribution in [0.2, 0.25) is 0 Å². The lowest BCUT2D eigenvalue weighted by Gasteiger charge is -2.20. The number of benzene rings is 1. The monoisotopic (exact) mass is 304 g/mol. The number of aromatic amines is 1. The molecule has 1 aromatic heterocycles. The number of nitrogens with one attached hydrogen (secondary N) is 3. The maximum atomic E-state index is 11.7. The normalized spacial score (nSPS) is 11.0. The molecule has 2 rings (SSSR count). The average molecular weight is 304 g/mol. The van der Waals surface area contributed by atoms with Gasteiger partial charge in [0.15, 0.2) is 6.61 Å². The van der Waals surface area contributed by atoms with Gasteiger partial charge in [-0.05, 0) is 43.7 Å². The second kappa shape index (κ2) is 6.88. The van der Waals surface area contributed by atoms with Crippen molar-refractivity contribution in [2.24, 2.45) is 0 Å². The van der Waals surface area contributed by atoms with Crippen LogP contribution in [0.1, 0.15) is 26.3 Å². The van der Waals surface area contributed by atoms with E-state index in [1.54, 1.807) is 0 Å². The Labute approximate surface area is 128 Å². The van der Waals surface area contributed by atoms with E-state index in [4.69, 9.17) is 4.74 Å². The third kappa shape index (κ3) is 5.39. The van der Waals surface area contributed by atoms with Gasteiger partial charge in [0.25, 0.3) is 11.9 Å². The molecule has 0 radical (unpaired) electrons. The van der Waals surface area contributed by atoms with Crippen LogP contribution >= 0.6 is 0 Å². The molecule has 2 aromatic rings. The van der Waals surface area contributed by atoms with Gasteiger partial charge in [-0.3, -0.25) is 4.79 Å². The Morgan fingerprint density at radius 3 is 2.59 bits per heavy atom. The number of carbonyl (C=O) groups is 1. The average Bonchev–Trinajstić information content (AvgIpc) is 2.95. The van der Waals surface area contributed by atoms with Crippen LogP contribution in [0.5, 0.6) is 5.75 Å². The number of ether oxygens (including phenoxy) is 1. The molecule has 0 aliphatic carbocycles. The van der Waals surface area contributed by atoms with Crippen LogP contribution in [0.25, 0.3) is 0 Å². The number of tetrazole rings is 1. The second-order valence-corrected chi connectivity index (χ2v) is 5.82. The van der Waals surface area contributed by atoms with Gasteiger partial charge in [0.2, 0.25) is 0 Å². The van der Waals surface area contributed by atoms with Crippen molar-refractivity contribution in [3.8, 4) is 5.75 Å². The van der Waals surface area contributed by atoms with Gasteiger partial charge < -0.3 is 15.4 Å². The molecule has 0 aliphatic rings. The number of hydrogen-bond donors (Lipinski definition) is 3.